The van der Waals surface area contributed by atoms with E-state index in [1.54, 1.807) is 4.90 Å². The van der Waals surface area contributed by atoms with Gasteiger partial charge < -0.3 is 14.7 Å². The monoisotopic (exact) mass is 241 g/mol. The molecule has 5 nitrogen and oxygen atoms in total. The SMILES string of the molecule is CCC1CCC(C(=O)N2CCC(C(=O)O)C2)O1. The summed E-state index contributed by atoms with van der Waals surface area (Å²) in [6, 6.07) is 0. The van der Waals surface area contributed by atoms with Crippen molar-refractivity contribution >= 4 is 11.9 Å². The number of rotatable bonds is 3. The van der Waals surface area contributed by atoms with Crippen LogP contribution in [-0.2, 0) is 14.3 Å². The molecule has 0 aliphatic carbocycles. The van der Waals surface area contributed by atoms with Crippen molar-refractivity contribution in [2.24, 2.45) is 5.92 Å². The van der Waals surface area contributed by atoms with Crippen molar-refractivity contribution in [2.45, 2.75) is 44.8 Å². The number of amides is 1. The predicted octanol–water partition coefficient (Wildman–Crippen LogP) is 0.877. The molecular weight excluding hydrogens is 222 g/mol. The summed E-state index contributed by atoms with van der Waals surface area (Å²) in [6.45, 7) is 2.94. The molecular formula is C12H19NO4. The van der Waals surface area contributed by atoms with Crippen LogP contribution in [0, 0.1) is 5.92 Å². The van der Waals surface area contributed by atoms with E-state index in [0.717, 1.165) is 19.3 Å². The van der Waals surface area contributed by atoms with Crippen LogP contribution in [0.3, 0.4) is 0 Å². The molecule has 2 heterocycles. The number of carboxylic acids is 1. The molecule has 0 aromatic rings. The number of ether oxygens (including phenoxy) is 1. The van der Waals surface area contributed by atoms with E-state index in [9.17, 15) is 9.59 Å². The second-order valence-corrected chi connectivity index (χ2v) is 4.84. The molecule has 17 heavy (non-hydrogen) atoms. The lowest BCUT2D eigenvalue weighted by Gasteiger charge is -2.20. The number of likely N-dealkylation sites (tertiary alicyclic amines) is 1. The third-order valence-corrected chi connectivity index (χ3v) is 3.69. The number of nitrogens with zero attached hydrogens (tertiary/aromatic N) is 1. The smallest absolute Gasteiger partial charge is 0.308 e. The molecule has 2 aliphatic rings. The van der Waals surface area contributed by atoms with E-state index >= 15 is 0 Å². The molecule has 0 aromatic carbocycles. The van der Waals surface area contributed by atoms with Crippen LogP contribution in [0.25, 0.3) is 0 Å². The fraction of sp³-hybridized carbons (Fsp3) is 0.833. The van der Waals surface area contributed by atoms with Gasteiger partial charge in [0.2, 0.25) is 0 Å². The number of aliphatic carboxylic acids is 1. The number of hydrogen-bond donors (Lipinski definition) is 1. The molecule has 1 N–H and O–H groups in total. The van der Waals surface area contributed by atoms with Gasteiger partial charge in [0.05, 0.1) is 12.0 Å². The number of carbonyl (C=O) groups is 2. The molecule has 0 spiro atoms. The Morgan fingerprint density at radius 1 is 1.35 bits per heavy atom. The third-order valence-electron chi connectivity index (χ3n) is 3.69. The molecule has 0 saturated carbocycles. The summed E-state index contributed by atoms with van der Waals surface area (Å²) < 4.78 is 5.64. The van der Waals surface area contributed by atoms with Gasteiger partial charge in [-0.3, -0.25) is 9.59 Å². The van der Waals surface area contributed by atoms with E-state index in [0.29, 0.717) is 19.5 Å². The summed E-state index contributed by atoms with van der Waals surface area (Å²) in [5.41, 5.74) is 0. The highest BCUT2D eigenvalue weighted by Gasteiger charge is 2.37. The van der Waals surface area contributed by atoms with Crippen LogP contribution in [0.1, 0.15) is 32.6 Å². The third kappa shape index (κ3) is 2.60. The Kier molecular flexibility index (Phi) is 3.66. The largest absolute Gasteiger partial charge is 0.481 e. The Hall–Kier alpha value is -1.10. The van der Waals surface area contributed by atoms with Gasteiger partial charge in [-0.25, -0.2) is 0 Å². The molecule has 0 aromatic heterocycles. The van der Waals surface area contributed by atoms with E-state index < -0.39 is 11.9 Å². The highest BCUT2D eigenvalue weighted by atomic mass is 16.5. The first-order valence-corrected chi connectivity index (χ1v) is 6.29. The maximum atomic E-state index is 12.1. The fourth-order valence-corrected chi connectivity index (χ4v) is 2.55. The second-order valence-electron chi connectivity index (χ2n) is 4.84. The molecule has 2 aliphatic heterocycles. The Bertz CT molecular complexity index is 318. The summed E-state index contributed by atoms with van der Waals surface area (Å²) in [6.07, 6.45) is 3.05. The zero-order chi connectivity index (χ0) is 12.4. The Labute approximate surface area is 101 Å². The summed E-state index contributed by atoms with van der Waals surface area (Å²) in [5.74, 6) is -1.23. The van der Waals surface area contributed by atoms with Gasteiger partial charge in [-0.1, -0.05) is 6.92 Å². The molecule has 3 unspecified atom stereocenters. The highest BCUT2D eigenvalue weighted by Crippen LogP contribution is 2.25. The molecule has 2 fully saturated rings. The quantitative estimate of drug-likeness (QED) is 0.796. The van der Waals surface area contributed by atoms with Crippen LogP contribution in [-0.4, -0.2) is 47.2 Å². The Morgan fingerprint density at radius 2 is 2.12 bits per heavy atom. The van der Waals surface area contributed by atoms with E-state index in [-0.39, 0.29) is 18.1 Å². The van der Waals surface area contributed by atoms with Crippen molar-refractivity contribution in [1.29, 1.82) is 0 Å². The minimum absolute atomic E-state index is 0.0234. The molecule has 0 bridgehead atoms. The maximum absolute atomic E-state index is 12.1. The minimum Gasteiger partial charge on any atom is -0.481 e. The summed E-state index contributed by atoms with van der Waals surface area (Å²) in [5, 5.41) is 8.89. The zero-order valence-electron chi connectivity index (χ0n) is 10.1. The molecule has 96 valence electrons. The van der Waals surface area contributed by atoms with Crippen molar-refractivity contribution < 1.29 is 19.4 Å². The summed E-state index contributed by atoms with van der Waals surface area (Å²) in [4.78, 5) is 24.5. The summed E-state index contributed by atoms with van der Waals surface area (Å²) in [7, 11) is 0. The Morgan fingerprint density at radius 3 is 2.65 bits per heavy atom. The minimum atomic E-state index is -0.806. The first-order chi connectivity index (χ1) is 8.11. The maximum Gasteiger partial charge on any atom is 0.308 e. The predicted molar refractivity (Wildman–Crippen MR) is 60.5 cm³/mol. The average Bonchev–Trinajstić information content (AvgIpc) is 2.97. The van der Waals surface area contributed by atoms with Crippen LogP contribution in [0.4, 0.5) is 0 Å². The standard InChI is InChI=1S/C12H19NO4/c1-2-9-3-4-10(17-9)11(14)13-6-5-8(7-13)12(15)16/h8-10H,2-7H2,1H3,(H,15,16). The molecule has 2 rings (SSSR count). The molecule has 3 atom stereocenters. The van der Waals surface area contributed by atoms with Crippen LogP contribution in [0.5, 0.6) is 0 Å². The topological polar surface area (TPSA) is 66.8 Å². The van der Waals surface area contributed by atoms with Crippen LogP contribution < -0.4 is 0 Å². The number of carbonyl (C=O) groups excluding carboxylic acids is 1. The molecule has 0 radical (unpaired) electrons. The number of hydrogen-bond acceptors (Lipinski definition) is 3. The van der Waals surface area contributed by atoms with Gasteiger partial charge in [0.1, 0.15) is 6.10 Å². The van der Waals surface area contributed by atoms with Gasteiger partial charge in [0, 0.05) is 13.1 Å². The van der Waals surface area contributed by atoms with Crippen LogP contribution in [0.15, 0.2) is 0 Å². The normalized spacial score (nSPS) is 33.0. The van der Waals surface area contributed by atoms with Gasteiger partial charge >= 0.3 is 5.97 Å². The lowest BCUT2D eigenvalue weighted by atomic mass is 10.1. The summed E-state index contributed by atoms with van der Waals surface area (Å²) >= 11 is 0. The first-order valence-electron chi connectivity index (χ1n) is 6.29. The van der Waals surface area contributed by atoms with Crippen LogP contribution >= 0.6 is 0 Å². The lowest BCUT2D eigenvalue weighted by molar-refractivity contribution is -0.143. The van der Waals surface area contributed by atoms with Gasteiger partial charge in [-0.2, -0.15) is 0 Å². The Balaban J connectivity index is 1.87. The van der Waals surface area contributed by atoms with E-state index in [1.165, 1.54) is 0 Å². The van der Waals surface area contributed by atoms with Crippen molar-refractivity contribution in [3.05, 3.63) is 0 Å². The number of carboxylic acid groups (broad SMARTS) is 1. The molecule has 1 amide bonds. The van der Waals surface area contributed by atoms with Gasteiger partial charge in [-0.05, 0) is 25.7 Å². The molecule has 2 saturated heterocycles. The van der Waals surface area contributed by atoms with Crippen molar-refractivity contribution in [2.75, 3.05) is 13.1 Å². The van der Waals surface area contributed by atoms with E-state index in [2.05, 4.69) is 0 Å². The van der Waals surface area contributed by atoms with Gasteiger partial charge in [-0.15, -0.1) is 0 Å². The fourth-order valence-electron chi connectivity index (χ4n) is 2.55. The van der Waals surface area contributed by atoms with Crippen molar-refractivity contribution in [1.82, 2.24) is 4.90 Å². The molecule has 5 heteroatoms. The van der Waals surface area contributed by atoms with Gasteiger partial charge in [0.15, 0.2) is 0 Å². The average molecular weight is 241 g/mol. The van der Waals surface area contributed by atoms with Crippen LogP contribution in [0.2, 0.25) is 0 Å². The first kappa shape index (κ1) is 12.4. The van der Waals surface area contributed by atoms with Crippen molar-refractivity contribution in [3.63, 3.8) is 0 Å². The van der Waals surface area contributed by atoms with Crippen molar-refractivity contribution in [3.8, 4) is 0 Å². The zero-order valence-corrected chi connectivity index (χ0v) is 10.1. The van der Waals surface area contributed by atoms with Gasteiger partial charge in [0.25, 0.3) is 5.91 Å². The van der Waals surface area contributed by atoms with E-state index in [4.69, 9.17) is 9.84 Å². The highest BCUT2D eigenvalue weighted by molar-refractivity contribution is 5.82. The second kappa shape index (κ2) is 5.04. The lowest BCUT2D eigenvalue weighted by Crippen LogP contribution is -2.38. The van der Waals surface area contributed by atoms with E-state index in [1.807, 2.05) is 6.92 Å².